The van der Waals surface area contributed by atoms with Crippen molar-refractivity contribution in [2.24, 2.45) is 0 Å². The molecule has 37 heavy (non-hydrogen) atoms. The van der Waals surface area contributed by atoms with E-state index in [0.29, 0.717) is 28.8 Å². The lowest BCUT2D eigenvalue weighted by atomic mass is 10.1. The van der Waals surface area contributed by atoms with Crippen molar-refractivity contribution in [2.45, 2.75) is 45.7 Å². The maximum absolute atomic E-state index is 15.0. The number of benzene rings is 1. The fourth-order valence-corrected chi connectivity index (χ4v) is 5.31. The van der Waals surface area contributed by atoms with Gasteiger partial charge in [0, 0.05) is 23.8 Å². The van der Waals surface area contributed by atoms with E-state index in [0.717, 1.165) is 43.2 Å². The molecule has 4 aromatic heterocycles. The lowest BCUT2D eigenvalue weighted by Gasteiger charge is -2.25. The van der Waals surface area contributed by atoms with Crippen molar-refractivity contribution in [3.8, 4) is 11.3 Å². The molecule has 6 rings (SSSR count). The highest BCUT2D eigenvalue weighted by atomic mass is 19.1. The van der Waals surface area contributed by atoms with Gasteiger partial charge in [-0.2, -0.15) is 0 Å². The Hall–Kier alpha value is -3.92. The molecule has 0 aliphatic carbocycles. The molecular weight excluding hydrogens is 474 g/mol. The highest BCUT2D eigenvalue weighted by Gasteiger charge is 2.19. The highest BCUT2D eigenvalue weighted by molar-refractivity contribution is 5.83. The number of piperidine rings is 1. The number of nitrogens with zero attached hydrogens (tertiary/aromatic N) is 6. The smallest absolute Gasteiger partial charge is 0.229 e. The maximum Gasteiger partial charge on any atom is 0.229 e. The van der Waals surface area contributed by atoms with Crippen molar-refractivity contribution in [3.05, 3.63) is 60.2 Å². The van der Waals surface area contributed by atoms with E-state index in [4.69, 9.17) is 4.98 Å². The fourth-order valence-electron chi connectivity index (χ4n) is 5.31. The largest absolute Gasteiger partial charge is 0.343 e. The molecule has 0 amide bonds. The van der Waals surface area contributed by atoms with Crippen LogP contribution in [-0.4, -0.2) is 42.2 Å². The number of aromatic nitrogens is 6. The van der Waals surface area contributed by atoms with Gasteiger partial charge in [0.2, 0.25) is 5.95 Å². The van der Waals surface area contributed by atoms with Crippen molar-refractivity contribution in [1.82, 2.24) is 34.4 Å². The quantitative estimate of drug-likeness (QED) is 0.322. The molecule has 1 aliphatic heterocycles. The molecule has 8 nitrogen and oxygen atoms in total. The number of halogens is 2. The molecule has 5 aromatic rings. The van der Waals surface area contributed by atoms with E-state index in [1.165, 1.54) is 6.07 Å². The minimum absolute atomic E-state index is 0.00518. The molecule has 0 spiro atoms. The predicted octanol–water partition coefficient (Wildman–Crippen LogP) is 5.68. The Labute approximate surface area is 212 Å². The standard InChI is InChI=1S/C27H28F2N8/c1-15(2)37-16(3)32-26-19(28)12-17(13-23(26)37)25-20(29)14-31-27(35-25)34-24-5-4-22-21(33-24)8-11-36(22)18-6-9-30-10-7-18/h4-5,8,11-15,18,30H,6-7,9-10H2,1-3H3,(H,31,33,34,35). The highest BCUT2D eigenvalue weighted by Crippen LogP contribution is 2.31. The van der Waals surface area contributed by atoms with E-state index < -0.39 is 11.6 Å². The third kappa shape index (κ3) is 4.21. The SMILES string of the molecule is Cc1nc2c(F)cc(-c3nc(Nc4ccc5c(ccn5C5CCNCC5)n4)ncc3F)cc2n1C(C)C. The molecule has 1 fully saturated rings. The molecule has 10 heteroatoms. The van der Waals surface area contributed by atoms with Crippen LogP contribution in [0.4, 0.5) is 20.5 Å². The third-order valence-electron chi connectivity index (χ3n) is 6.97. The Morgan fingerprint density at radius 1 is 1.00 bits per heavy atom. The second-order valence-corrected chi connectivity index (χ2v) is 9.77. The Morgan fingerprint density at radius 2 is 1.81 bits per heavy atom. The van der Waals surface area contributed by atoms with Crippen molar-refractivity contribution < 1.29 is 8.78 Å². The van der Waals surface area contributed by atoms with E-state index >= 15 is 0 Å². The van der Waals surface area contributed by atoms with Gasteiger partial charge in [-0.3, -0.25) is 0 Å². The molecule has 0 saturated carbocycles. The van der Waals surface area contributed by atoms with Crippen LogP contribution >= 0.6 is 0 Å². The zero-order chi connectivity index (χ0) is 25.7. The molecule has 1 aromatic carbocycles. The van der Waals surface area contributed by atoms with Crippen LogP contribution < -0.4 is 10.6 Å². The van der Waals surface area contributed by atoms with E-state index in [1.54, 1.807) is 6.07 Å². The average Bonchev–Trinajstić information content (AvgIpc) is 3.46. The van der Waals surface area contributed by atoms with E-state index in [-0.39, 0.29) is 23.2 Å². The van der Waals surface area contributed by atoms with Crippen LogP contribution in [0.15, 0.2) is 42.7 Å². The monoisotopic (exact) mass is 502 g/mol. The Bertz CT molecular complexity index is 1610. The van der Waals surface area contributed by atoms with Crippen LogP contribution in [-0.2, 0) is 0 Å². The van der Waals surface area contributed by atoms with E-state index in [2.05, 4.69) is 36.3 Å². The second-order valence-electron chi connectivity index (χ2n) is 9.77. The van der Waals surface area contributed by atoms with Gasteiger partial charge in [0.05, 0.1) is 22.7 Å². The van der Waals surface area contributed by atoms with Crippen molar-refractivity contribution in [3.63, 3.8) is 0 Å². The number of hydrogen-bond donors (Lipinski definition) is 2. The summed E-state index contributed by atoms with van der Waals surface area (Å²) in [5.74, 6) is 0.257. The first-order valence-electron chi connectivity index (χ1n) is 12.6. The number of nitrogens with one attached hydrogen (secondary N) is 2. The van der Waals surface area contributed by atoms with Crippen molar-refractivity contribution in [1.29, 1.82) is 0 Å². The Balaban J connectivity index is 1.33. The van der Waals surface area contributed by atoms with Crippen LogP contribution in [0.5, 0.6) is 0 Å². The molecule has 5 heterocycles. The molecular formula is C27H28F2N8. The van der Waals surface area contributed by atoms with Gasteiger partial charge in [0.15, 0.2) is 11.6 Å². The van der Waals surface area contributed by atoms with Crippen LogP contribution in [0.3, 0.4) is 0 Å². The van der Waals surface area contributed by atoms with Crippen LogP contribution in [0.1, 0.15) is 44.6 Å². The summed E-state index contributed by atoms with van der Waals surface area (Å²) >= 11 is 0. The van der Waals surface area contributed by atoms with Gasteiger partial charge in [0.1, 0.15) is 22.9 Å². The summed E-state index contributed by atoms with van der Waals surface area (Å²) in [7, 11) is 0. The van der Waals surface area contributed by atoms with Crippen molar-refractivity contribution in [2.75, 3.05) is 18.4 Å². The summed E-state index contributed by atoms with van der Waals surface area (Å²) in [6, 6.07) is 9.40. The fraction of sp³-hybridized carbons (Fsp3) is 0.333. The summed E-state index contributed by atoms with van der Waals surface area (Å²) in [6.07, 6.45) is 5.34. The van der Waals surface area contributed by atoms with Gasteiger partial charge in [-0.25, -0.2) is 28.7 Å². The van der Waals surface area contributed by atoms with Crippen molar-refractivity contribution >= 4 is 33.8 Å². The topological polar surface area (TPSA) is 85.5 Å². The first kappa shape index (κ1) is 23.5. The molecule has 190 valence electrons. The summed E-state index contributed by atoms with van der Waals surface area (Å²) in [5, 5.41) is 6.47. The molecule has 1 saturated heterocycles. The zero-order valence-electron chi connectivity index (χ0n) is 21.0. The number of hydrogen-bond acceptors (Lipinski definition) is 6. The Kier molecular flexibility index (Phi) is 5.83. The number of rotatable bonds is 5. The lowest BCUT2D eigenvalue weighted by molar-refractivity contribution is 0.376. The summed E-state index contributed by atoms with van der Waals surface area (Å²) in [5.41, 5.74) is 3.11. The number of fused-ring (bicyclic) bond motifs is 2. The normalized spacial score (nSPS) is 14.8. The number of pyridine rings is 1. The molecule has 0 radical (unpaired) electrons. The average molecular weight is 503 g/mol. The van der Waals surface area contributed by atoms with Gasteiger partial charge in [-0.15, -0.1) is 0 Å². The first-order valence-corrected chi connectivity index (χ1v) is 12.6. The molecule has 0 unspecified atom stereocenters. The van der Waals surface area contributed by atoms with Gasteiger partial charge < -0.3 is 19.8 Å². The van der Waals surface area contributed by atoms with Crippen LogP contribution in [0, 0.1) is 18.6 Å². The molecule has 2 N–H and O–H groups in total. The van der Waals surface area contributed by atoms with Gasteiger partial charge in [-0.05, 0) is 77.0 Å². The van der Waals surface area contributed by atoms with Gasteiger partial charge >= 0.3 is 0 Å². The van der Waals surface area contributed by atoms with Crippen LogP contribution in [0.2, 0.25) is 0 Å². The summed E-state index contributed by atoms with van der Waals surface area (Å²) in [6.45, 7) is 7.85. The van der Waals surface area contributed by atoms with Gasteiger partial charge in [0.25, 0.3) is 0 Å². The number of imidazole rings is 1. The number of anilines is 2. The van der Waals surface area contributed by atoms with E-state index in [1.807, 2.05) is 43.5 Å². The third-order valence-corrected chi connectivity index (χ3v) is 6.97. The predicted molar refractivity (Wildman–Crippen MR) is 140 cm³/mol. The summed E-state index contributed by atoms with van der Waals surface area (Å²) < 4.78 is 34.0. The molecule has 1 aliphatic rings. The number of aryl methyl sites for hydroxylation is 1. The summed E-state index contributed by atoms with van der Waals surface area (Å²) in [4.78, 5) is 17.5. The second kappa shape index (κ2) is 9.19. The minimum atomic E-state index is -0.640. The zero-order valence-corrected chi connectivity index (χ0v) is 21.0. The molecule has 0 atom stereocenters. The minimum Gasteiger partial charge on any atom is -0.343 e. The first-order chi connectivity index (χ1) is 17.9. The van der Waals surface area contributed by atoms with E-state index in [9.17, 15) is 8.78 Å². The Morgan fingerprint density at radius 3 is 2.59 bits per heavy atom. The van der Waals surface area contributed by atoms with Crippen LogP contribution in [0.25, 0.3) is 33.3 Å². The molecule has 0 bridgehead atoms. The van der Waals surface area contributed by atoms with Gasteiger partial charge in [-0.1, -0.05) is 0 Å². The lowest BCUT2D eigenvalue weighted by Crippen LogP contribution is -2.29. The maximum atomic E-state index is 15.0.